The fourth-order valence-corrected chi connectivity index (χ4v) is 3.19. The lowest BCUT2D eigenvalue weighted by Crippen LogP contribution is -2.27. The van der Waals surface area contributed by atoms with E-state index in [9.17, 15) is 9.59 Å². The highest BCUT2D eigenvalue weighted by atomic mass is 35.5. The van der Waals surface area contributed by atoms with Crippen molar-refractivity contribution in [2.45, 2.75) is 12.8 Å². The standard InChI is InChI=1S/C21H22N4O3.ClH/c1-24-17-12-25(16-9-7-15(8-10-16)20(22)23)21(28)19(17)14-5-2-13(3-6-14)4-11-18(26)27;/h2-3,5-10,24H,4,11-12H2,1H3,(H3,22,23)(H,26,27);1H. The molecule has 1 heterocycles. The van der Waals surface area contributed by atoms with Crippen LogP contribution in [0.3, 0.4) is 0 Å². The zero-order chi connectivity index (χ0) is 20.3. The second-order valence-corrected chi connectivity index (χ2v) is 6.55. The summed E-state index contributed by atoms with van der Waals surface area (Å²) in [6.45, 7) is 0.421. The number of aliphatic carboxylic acids is 1. The molecule has 0 bridgehead atoms. The summed E-state index contributed by atoms with van der Waals surface area (Å²) in [5.41, 5.74) is 9.95. The van der Waals surface area contributed by atoms with E-state index in [1.807, 2.05) is 24.3 Å². The van der Waals surface area contributed by atoms with E-state index in [0.29, 0.717) is 24.1 Å². The predicted octanol–water partition coefficient (Wildman–Crippen LogP) is 2.39. The minimum Gasteiger partial charge on any atom is -0.481 e. The number of carbonyl (C=O) groups is 2. The molecule has 8 heteroatoms. The molecule has 0 fully saturated rings. The minimum atomic E-state index is -0.832. The van der Waals surface area contributed by atoms with Crippen molar-refractivity contribution >= 4 is 41.4 Å². The number of benzene rings is 2. The number of rotatable bonds is 7. The molecule has 1 amide bonds. The molecule has 1 aliphatic heterocycles. The van der Waals surface area contributed by atoms with Crippen molar-refractivity contribution in [3.05, 3.63) is 70.9 Å². The van der Waals surface area contributed by atoms with Gasteiger partial charge in [-0.3, -0.25) is 15.0 Å². The first kappa shape index (κ1) is 22.0. The van der Waals surface area contributed by atoms with Crippen LogP contribution in [0.4, 0.5) is 5.69 Å². The first-order chi connectivity index (χ1) is 13.4. The largest absolute Gasteiger partial charge is 0.481 e. The molecular weight excluding hydrogens is 392 g/mol. The van der Waals surface area contributed by atoms with Crippen LogP contribution in [0.25, 0.3) is 5.57 Å². The van der Waals surface area contributed by atoms with Gasteiger partial charge in [-0.05, 0) is 41.8 Å². The topological polar surface area (TPSA) is 120 Å². The maximum absolute atomic E-state index is 13.1. The number of nitrogens with zero attached hydrogens (tertiary/aromatic N) is 1. The summed E-state index contributed by atoms with van der Waals surface area (Å²) in [5, 5.41) is 19.4. The Balaban J connectivity index is 0.00000300. The van der Waals surface area contributed by atoms with Crippen LogP contribution in [-0.4, -0.2) is 36.4 Å². The SMILES string of the molecule is CNC1=C(c2ccc(CCC(=O)O)cc2)C(=O)N(c2ccc(C(=N)N)cc2)C1.Cl. The molecule has 0 saturated heterocycles. The number of halogens is 1. The van der Waals surface area contributed by atoms with Crippen LogP contribution in [0.15, 0.2) is 54.2 Å². The number of likely N-dealkylation sites (N-methyl/N-ethyl adjacent to an activating group) is 1. The lowest BCUT2D eigenvalue weighted by molar-refractivity contribution is -0.137. The number of carboxylic acids is 1. The van der Waals surface area contributed by atoms with Gasteiger partial charge in [0, 0.05) is 30.4 Å². The number of hydrogen-bond acceptors (Lipinski definition) is 4. The summed E-state index contributed by atoms with van der Waals surface area (Å²) >= 11 is 0. The van der Waals surface area contributed by atoms with Crippen molar-refractivity contribution in [1.82, 2.24) is 5.32 Å². The van der Waals surface area contributed by atoms with Crippen LogP contribution in [0.1, 0.15) is 23.1 Å². The first-order valence-electron chi connectivity index (χ1n) is 8.89. The van der Waals surface area contributed by atoms with E-state index in [1.54, 1.807) is 36.2 Å². The highest BCUT2D eigenvalue weighted by Crippen LogP contribution is 2.31. The number of nitrogens with two attached hydrogens (primary N) is 1. The van der Waals surface area contributed by atoms with Gasteiger partial charge in [0.25, 0.3) is 5.91 Å². The average Bonchev–Trinajstić information content (AvgIpc) is 3.03. The lowest BCUT2D eigenvalue weighted by atomic mass is 10.0. The molecular formula is C21H23ClN4O3. The smallest absolute Gasteiger partial charge is 0.303 e. The Morgan fingerprint density at radius 1 is 1.17 bits per heavy atom. The molecule has 3 rings (SSSR count). The molecule has 2 aromatic rings. The van der Waals surface area contributed by atoms with Gasteiger partial charge in [0.05, 0.1) is 12.1 Å². The van der Waals surface area contributed by atoms with Crippen molar-refractivity contribution in [2.75, 3.05) is 18.5 Å². The number of anilines is 1. The van der Waals surface area contributed by atoms with Gasteiger partial charge in [-0.15, -0.1) is 12.4 Å². The van der Waals surface area contributed by atoms with E-state index in [0.717, 1.165) is 22.5 Å². The Labute approximate surface area is 175 Å². The molecule has 152 valence electrons. The molecule has 5 N–H and O–H groups in total. The van der Waals surface area contributed by atoms with Gasteiger partial charge in [-0.25, -0.2) is 0 Å². The number of carboxylic acid groups (broad SMARTS) is 1. The maximum atomic E-state index is 13.1. The molecule has 0 aliphatic carbocycles. The van der Waals surface area contributed by atoms with E-state index in [2.05, 4.69) is 5.32 Å². The summed E-state index contributed by atoms with van der Waals surface area (Å²) in [5.74, 6) is -0.961. The number of aryl methyl sites for hydroxylation is 1. The molecule has 7 nitrogen and oxygen atoms in total. The Morgan fingerprint density at radius 3 is 2.31 bits per heavy atom. The van der Waals surface area contributed by atoms with Crippen molar-refractivity contribution < 1.29 is 14.7 Å². The zero-order valence-corrected chi connectivity index (χ0v) is 16.8. The molecule has 0 radical (unpaired) electrons. The maximum Gasteiger partial charge on any atom is 0.303 e. The number of hydrogen-bond donors (Lipinski definition) is 4. The average molecular weight is 415 g/mol. The van der Waals surface area contributed by atoms with Crippen LogP contribution >= 0.6 is 12.4 Å². The monoisotopic (exact) mass is 414 g/mol. The highest BCUT2D eigenvalue weighted by Gasteiger charge is 2.31. The van der Waals surface area contributed by atoms with E-state index < -0.39 is 5.97 Å². The van der Waals surface area contributed by atoms with Crippen LogP contribution in [-0.2, 0) is 16.0 Å². The third-order valence-corrected chi connectivity index (χ3v) is 4.74. The fraction of sp³-hybridized carbons (Fsp3) is 0.190. The van der Waals surface area contributed by atoms with Crippen molar-refractivity contribution in [1.29, 1.82) is 5.41 Å². The molecule has 2 aromatic carbocycles. The van der Waals surface area contributed by atoms with Gasteiger partial charge in [0.15, 0.2) is 0 Å². The van der Waals surface area contributed by atoms with E-state index >= 15 is 0 Å². The molecule has 1 aliphatic rings. The number of amides is 1. The third-order valence-electron chi connectivity index (χ3n) is 4.74. The number of nitrogen functional groups attached to an aromatic ring is 1. The molecule has 0 spiro atoms. The van der Waals surface area contributed by atoms with Gasteiger partial charge in [-0.1, -0.05) is 24.3 Å². The number of nitrogens with one attached hydrogen (secondary N) is 2. The van der Waals surface area contributed by atoms with Crippen LogP contribution in [0, 0.1) is 5.41 Å². The highest BCUT2D eigenvalue weighted by molar-refractivity contribution is 6.29. The van der Waals surface area contributed by atoms with Crippen molar-refractivity contribution in [3.8, 4) is 0 Å². The van der Waals surface area contributed by atoms with Crippen LogP contribution in [0.5, 0.6) is 0 Å². The van der Waals surface area contributed by atoms with Gasteiger partial charge >= 0.3 is 5.97 Å². The summed E-state index contributed by atoms with van der Waals surface area (Å²) in [4.78, 5) is 25.5. The quantitative estimate of drug-likeness (QED) is 0.409. The van der Waals surface area contributed by atoms with Crippen LogP contribution in [0.2, 0.25) is 0 Å². The molecule has 0 atom stereocenters. The number of carbonyl (C=O) groups excluding carboxylic acids is 1. The molecule has 0 aromatic heterocycles. The van der Waals surface area contributed by atoms with Gasteiger partial charge in [0.2, 0.25) is 0 Å². The molecule has 0 unspecified atom stereocenters. The summed E-state index contributed by atoms with van der Waals surface area (Å²) < 4.78 is 0. The fourth-order valence-electron chi connectivity index (χ4n) is 3.19. The molecule has 29 heavy (non-hydrogen) atoms. The van der Waals surface area contributed by atoms with Crippen molar-refractivity contribution in [2.24, 2.45) is 5.73 Å². The predicted molar refractivity (Wildman–Crippen MR) is 115 cm³/mol. The van der Waals surface area contributed by atoms with Crippen molar-refractivity contribution in [3.63, 3.8) is 0 Å². The van der Waals surface area contributed by atoms with Crippen LogP contribution < -0.4 is 16.0 Å². The third kappa shape index (κ3) is 4.75. The van der Waals surface area contributed by atoms with Gasteiger partial charge < -0.3 is 21.1 Å². The lowest BCUT2D eigenvalue weighted by Gasteiger charge is -2.17. The van der Waals surface area contributed by atoms with Gasteiger partial charge in [-0.2, -0.15) is 0 Å². The second-order valence-electron chi connectivity index (χ2n) is 6.55. The number of amidine groups is 1. The summed E-state index contributed by atoms with van der Waals surface area (Å²) in [7, 11) is 1.78. The first-order valence-corrected chi connectivity index (χ1v) is 8.89. The van der Waals surface area contributed by atoms with E-state index in [-0.39, 0.29) is 30.6 Å². The zero-order valence-electron chi connectivity index (χ0n) is 15.9. The van der Waals surface area contributed by atoms with E-state index in [1.165, 1.54) is 0 Å². The Kier molecular flexibility index (Phi) is 7.01. The second kappa shape index (κ2) is 9.25. The Morgan fingerprint density at radius 2 is 1.79 bits per heavy atom. The summed E-state index contributed by atoms with van der Waals surface area (Å²) in [6, 6.07) is 14.4. The Hall–Kier alpha value is -3.32. The van der Waals surface area contributed by atoms with Gasteiger partial charge in [0.1, 0.15) is 5.84 Å². The minimum absolute atomic E-state index is 0. The normalized spacial score (nSPS) is 13.3. The van der Waals surface area contributed by atoms with E-state index in [4.69, 9.17) is 16.2 Å². The Bertz CT molecular complexity index is 953. The molecule has 0 saturated carbocycles. The summed E-state index contributed by atoms with van der Waals surface area (Å²) in [6.07, 6.45) is 0.531.